The molecule has 0 amide bonds. The Morgan fingerprint density at radius 3 is 0.825 bits per heavy atom. The summed E-state index contributed by atoms with van der Waals surface area (Å²) in [4.78, 5) is 0. The van der Waals surface area contributed by atoms with Gasteiger partial charge in [-0.05, 0) is 22.3 Å². The van der Waals surface area contributed by atoms with Gasteiger partial charge in [-0.1, -0.05) is 121 Å². The van der Waals surface area contributed by atoms with Gasteiger partial charge in [0.1, 0.15) is 36.6 Å². The van der Waals surface area contributed by atoms with Crippen LogP contribution in [0.15, 0.2) is 121 Å². The van der Waals surface area contributed by atoms with Gasteiger partial charge in [0.05, 0.1) is 26.4 Å². The van der Waals surface area contributed by atoms with Crippen LogP contribution in [0.1, 0.15) is 22.3 Å². The molecule has 1 fully saturated rings. The van der Waals surface area contributed by atoms with E-state index < -0.39 is 36.6 Å². The van der Waals surface area contributed by atoms with E-state index in [0.717, 1.165) is 22.3 Å². The maximum absolute atomic E-state index is 11.4. The standard InChI is InChI=1S/C34H36O6/c35-29-30(36)32(38-22-26-15-7-2-8-16-26)34(40-24-28-19-11-4-12-20-28)33(39-23-27-17-9-3-10-18-27)31(29)37-21-25-13-5-1-6-14-25/h1-20,29-36H,21-24H2/t29-,30-,31-,32+,33+,34+/m1/s1. The lowest BCUT2D eigenvalue weighted by Crippen LogP contribution is -2.66. The van der Waals surface area contributed by atoms with E-state index in [1.165, 1.54) is 0 Å². The van der Waals surface area contributed by atoms with Crippen molar-refractivity contribution < 1.29 is 29.2 Å². The molecule has 0 aromatic heterocycles. The molecule has 6 atom stereocenters. The topological polar surface area (TPSA) is 77.4 Å². The van der Waals surface area contributed by atoms with E-state index >= 15 is 0 Å². The molecule has 0 saturated heterocycles. The Morgan fingerprint density at radius 2 is 0.575 bits per heavy atom. The Labute approximate surface area is 235 Å². The quantitative estimate of drug-likeness (QED) is 0.262. The third kappa shape index (κ3) is 7.43. The SMILES string of the molecule is O[C@@H]1[C@@H](O)[C@H](OCc2ccccc2)[C@H](OCc2ccccc2)[C@@H](OCc2ccccc2)[C@@H]1OCc1ccccc1. The molecule has 0 bridgehead atoms. The van der Waals surface area contributed by atoms with Crippen LogP contribution in [0.4, 0.5) is 0 Å². The molecule has 208 valence electrons. The first-order valence-corrected chi connectivity index (χ1v) is 13.7. The summed E-state index contributed by atoms with van der Waals surface area (Å²) in [5, 5.41) is 22.7. The fourth-order valence-electron chi connectivity index (χ4n) is 4.98. The molecule has 4 aromatic rings. The number of benzene rings is 4. The van der Waals surface area contributed by atoms with E-state index in [-0.39, 0.29) is 26.4 Å². The number of ether oxygens (including phenoxy) is 4. The highest BCUT2D eigenvalue weighted by Gasteiger charge is 2.52. The smallest absolute Gasteiger partial charge is 0.116 e. The lowest BCUT2D eigenvalue weighted by Gasteiger charge is -2.47. The van der Waals surface area contributed by atoms with Gasteiger partial charge in [-0.2, -0.15) is 0 Å². The summed E-state index contributed by atoms with van der Waals surface area (Å²) in [5.41, 5.74) is 3.87. The van der Waals surface area contributed by atoms with Crippen LogP contribution in [0.3, 0.4) is 0 Å². The fraction of sp³-hybridized carbons (Fsp3) is 0.294. The van der Waals surface area contributed by atoms with Crippen molar-refractivity contribution in [1.29, 1.82) is 0 Å². The molecular weight excluding hydrogens is 504 g/mol. The molecule has 4 aromatic carbocycles. The molecule has 2 N–H and O–H groups in total. The average molecular weight is 541 g/mol. The molecule has 40 heavy (non-hydrogen) atoms. The molecule has 0 heterocycles. The zero-order valence-electron chi connectivity index (χ0n) is 22.4. The maximum atomic E-state index is 11.4. The summed E-state index contributed by atoms with van der Waals surface area (Å²) in [5.74, 6) is 0. The zero-order chi connectivity index (χ0) is 27.6. The van der Waals surface area contributed by atoms with E-state index in [2.05, 4.69) is 0 Å². The van der Waals surface area contributed by atoms with Crippen LogP contribution in [-0.2, 0) is 45.4 Å². The monoisotopic (exact) mass is 540 g/mol. The van der Waals surface area contributed by atoms with Gasteiger partial charge in [-0.25, -0.2) is 0 Å². The summed E-state index contributed by atoms with van der Waals surface area (Å²) in [6.45, 7) is 1.08. The van der Waals surface area contributed by atoms with E-state index in [9.17, 15) is 10.2 Å². The zero-order valence-corrected chi connectivity index (χ0v) is 22.4. The molecule has 0 unspecified atom stereocenters. The van der Waals surface area contributed by atoms with Crippen LogP contribution in [0.25, 0.3) is 0 Å². The summed E-state index contributed by atoms with van der Waals surface area (Å²) >= 11 is 0. The van der Waals surface area contributed by atoms with Gasteiger partial charge in [0.25, 0.3) is 0 Å². The van der Waals surface area contributed by atoms with E-state index in [1.807, 2.05) is 121 Å². The molecule has 0 spiro atoms. The van der Waals surface area contributed by atoms with E-state index in [1.54, 1.807) is 0 Å². The summed E-state index contributed by atoms with van der Waals surface area (Å²) < 4.78 is 25.5. The molecule has 1 aliphatic carbocycles. The van der Waals surface area contributed by atoms with Crippen LogP contribution in [0.5, 0.6) is 0 Å². The Bertz CT molecular complexity index is 1150. The van der Waals surface area contributed by atoms with Crippen molar-refractivity contribution in [3.8, 4) is 0 Å². The van der Waals surface area contributed by atoms with Crippen LogP contribution in [0.2, 0.25) is 0 Å². The van der Waals surface area contributed by atoms with Crippen LogP contribution < -0.4 is 0 Å². The van der Waals surface area contributed by atoms with Crippen LogP contribution in [-0.4, -0.2) is 46.8 Å². The predicted octanol–water partition coefficient (Wildman–Crippen LogP) is 5.06. The van der Waals surface area contributed by atoms with Crippen molar-refractivity contribution >= 4 is 0 Å². The normalized spacial score (nSPS) is 24.6. The molecular formula is C34H36O6. The second-order valence-corrected chi connectivity index (χ2v) is 10.0. The average Bonchev–Trinajstić information content (AvgIpc) is 3.01. The largest absolute Gasteiger partial charge is 0.387 e. The number of hydrogen-bond acceptors (Lipinski definition) is 6. The number of aliphatic hydroxyl groups excluding tert-OH is 2. The summed E-state index contributed by atoms with van der Waals surface area (Å²) in [6, 6.07) is 39.1. The van der Waals surface area contributed by atoms with Gasteiger partial charge in [0, 0.05) is 0 Å². The van der Waals surface area contributed by atoms with Crippen molar-refractivity contribution in [1.82, 2.24) is 0 Å². The highest BCUT2D eigenvalue weighted by atomic mass is 16.6. The first-order valence-electron chi connectivity index (χ1n) is 13.7. The first kappa shape index (κ1) is 28.2. The minimum absolute atomic E-state index is 0.251. The highest BCUT2D eigenvalue weighted by Crippen LogP contribution is 2.32. The summed E-state index contributed by atoms with van der Waals surface area (Å²) in [6.07, 6.45) is -5.63. The molecule has 1 aliphatic rings. The van der Waals surface area contributed by atoms with E-state index in [0.29, 0.717) is 0 Å². The molecule has 6 heteroatoms. The van der Waals surface area contributed by atoms with Crippen LogP contribution in [0, 0.1) is 0 Å². The van der Waals surface area contributed by atoms with Gasteiger partial charge >= 0.3 is 0 Å². The molecule has 1 saturated carbocycles. The minimum Gasteiger partial charge on any atom is -0.387 e. The van der Waals surface area contributed by atoms with Crippen molar-refractivity contribution in [2.75, 3.05) is 0 Å². The second kappa shape index (κ2) is 14.3. The van der Waals surface area contributed by atoms with Gasteiger partial charge in [-0.3, -0.25) is 0 Å². The summed E-state index contributed by atoms with van der Waals surface area (Å²) in [7, 11) is 0. The first-order chi connectivity index (χ1) is 19.7. The maximum Gasteiger partial charge on any atom is 0.116 e. The molecule has 0 radical (unpaired) electrons. The van der Waals surface area contributed by atoms with Gasteiger partial charge in [0.15, 0.2) is 0 Å². The third-order valence-electron chi connectivity index (χ3n) is 7.14. The van der Waals surface area contributed by atoms with Gasteiger partial charge in [-0.15, -0.1) is 0 Å². The van der Waals surface area contributed by atoms with Crippen LogP contribution >= 0.6 is 0 Å². The fourth-order valence-corrected chi connectivity index (χ4v) is 4.98. The van der Waals surface area contributed by atoms with Crippen molar-refractivity contribution in [2.45, 2.75) is 63.1 Å². The molecule has 6 nitrogen and oxygen atoms in total. The van der Waals surface area contributed by atoms with E-state index in [4.69, 9.17) is 18.9 Å². The minimum atomic E-state index is -1.25. The Hall–Kier alpha value is -3.36. The highest BCUT2D eigenvalue weighted by molar-refractivity contribution is 5.17. The van der Waals surface area contributed by atoms with Crippen molar-refractivity contribution in [2.24, 2.45) is 0 Å². The van der Waals surface area contributed by atoms with Gasteiger partial charge < -0.3 is 29.2 Å². The third-order valence-corrected chi connectivity index (χ3v) is 7.14. The predicted molar refractivity (Wildman–Crippen MR) is 152 cm³/mol. The Kier molecular flexibility index (Phi) is 10.1. The Balaban J connectivity index is 1.42. The lowest BCUT2D eigenvalue weighted by atomic mass is 9.84. The Morgan fingerprint density at radius 1 is 0.350 bits per heavy atom. The second-order valence-electron chi connectivity index (χ2n) is 10.0. The number of rotatable bonds is 12. The number of aliphatic hydroxyl groups is 2. The number of hydrogen-bond donors (Lipinski definition) is 2. The van der Waals surface area contributed by atoms with Crippen molar-refractivity contribution in [3.05, 3.63) is 144 Å². The van der Waals surface area contributed by atoms with Gasteiger partial charge in [0.2, 0.25) is 0 Å². The molecule has 5 rings (SSSR count). The molecule has 0 aliphatic heterocycles. The lowest BCUT2D eigenvalue weighted by molar-refractivity contribution is -0.273. The van der Waals surface area contributed by atoms with Crippen molar-refractivity contribution in [3.63, 3.8) is 0 Å².